The molecule has 4 heteroatoms. The number of nitrogens with one attached hydrogen (secondary N) is 1. The van der Waals surface area contributed by atoms with Crippen LogP contribution in [0.25, 0.3) is 22.3 Å². The fraction of sp³-hybridized carbons (Fsp3) is 0. The van der Waals surface area contributed by atoms with Crippen LogP contribution in [0.3, 0.4) is 0 Å². The molecule has 1 aromatic carbocycles. The molecule has 0 aliphatic carbocycles. The predicted molar refractivity (Wildman–Crippen MR) is 71.5 cm³/mol. The molecule has 0 amide bonds. The van der Waals surface area contributed by atoms with Crippen molar-refractivity contribution >= 4 is 34.2 Å². The van der Waals surface area contributed by atoms with Gasteiger partial charge in [0.05, 0.1) is 11.0 Å². The summed E-state index contributed by atoms with van der Waals surface area (Å²) in [5.74, 6) is 0. The van der Waals surface area contributed by atoms with Gasteiger partial charge in [0.1, 0.15) is 5.15 Å². The third-order valence-electron chi connectivity index (χ3n) is 2.58. The lowest BCUT2D eigenvalue weighted by atomic mass is 10.1. The van der Waals surface area contributed by atoms with Gasteiger partial charge in [-0.15, -0.1) is 0 Å². The average molecular weight is 263 g/mol. The van der Waals surface area contributed by atoms with Crippen LogP contribution in [0.15, 0.2) is 42.5 Å². The average Bonchev–Trinajstić information content (AvgIpc) is 2.72. The molecule has 2 nitrogen and oxygen atoms in total. The van der Waals surface area contributed by atoms with Gasteiger partial charge in [0.2, 0.25) is 0 Å². The number of aromatic nitrogens is 2. The van der Waals surface area contributed by atoms with Gasteiger partial charge < -0.3 is 4.98 Å². The maximum atomic E-state index is 5.97. The van der Waals surface area contributed by atoms with Gasteiger partial charge in [-0.25, -0.2) is 4.98 Å². The second kappa shape index (κ2) is 4.06. The van der Waals surface area contributed by atoms with Gasteiger partial charge in [0, 0.05) is 10.7 Å². The van der Waals surface area contributed by atoms with Crippen LogP contribution in [-0.4, -0.2) is 9.97 Å². The largest absolute Gasteiger partial charge is 0.353 e. The summed E-state index contributed by atoms with van der Waals surface area (Å²) in [4.78, 5) is 7.53. The van der Waals surface area contributed by atoms with E-state index in [0.717, 1.165) is 22.3 Å². The molecule has 0 saturated heterocycles. The van der Waals surface area contributed by atoms with Crippen LogP contribution in [0.2, 0.25) is 10.2 Å². The quantitative estimate of drug-likeness (QED) is 0.641. The van der Waals surface area contributed by atoms with Crippen molar-refractivity contribution in [2.24, 2.45) is 0 Å². The second-order valence-electron chi connectivity index (χ2n) is 3.76. The van der Waals surface area contributed by atoms with E-state index in [1.807, 2.05) is 36.4 Å². The molecular formula is C13H8Cl2N2. The first-order valence-electron chi connectivity index (χ1n) is 5.13. The van der Waals surface area contributed by atoms with Gasteiger partial charge in [0.15, 0.2) is 0 Å². The first-order chi connectivity index (χ1) is 8.22. The van der Waals surface area contributed by atoms with Gasteiger partial charge in [0.25, 0.3) is 0 Å². The minimum atomic E-state index is 0.495. The number of benzene rings is 1. The molecular weight excluding hydrogens is 255 g/mol. The van der Waals surface area contributed by atoms with Crippen LogP contribution < -0.4 is 0 Å². The molecule has 84 valence electrons. The highest BCUT2D eigenvalue weighted by Gasteiger charge is 2.05. The highest BCUT2D eigenvalue weighted by molar-refractivity contribution is 6.31. The third kappa shape index (κ3) is 2.02. The van der Waals surface area contributed by atoms with E-state index in [2.05, 4.69) is 9.97 Å². The van der Waals surface area contributed by atoms with E-state index in [1.54, 1.807) is 6.07 Å². The Morgan fingerprint density at radius 2 is 1.88 bits per heavy atom. The summed E-state index contributed by atoms with van der Waals surface area (Å²) in [5.41, 5.74) is 3.83. The second-order valence-corrected chi connectivity index (χ2v) is 4.58. The van der Waals surface area contributed by atoms with Crippen molar-refractivity contribution in [1.29, 1.82) is 0 Å². The van der Waals surface area contributed by atoms with Crippen molar-refractivity contribution in [3.63, 3.8) is 0 Å². The van der Waals surface area contributed by atoms with Crippen LogP contribution in [0, 0.1) is 0 Å². The van der Waals surface area contributed by atoms with Crippen molar-refractivity contribution in [3.8, 4) is 11.3 Å². The van der Waals surface area contributed by atoms with Crippen LogP contribution in [0.4, 0.5) is 0 Å². The van der Waals surface area contributed by atoms with Crippen LogP contribution in [0.1, 0.15) is 0 Å². The molecule has 2 heterocycles. The molecule has 0 radical (unpaired) electrons. The molecule has 0 unspecified atom stereocenters. The zero-order valence-electron chi connectivity index (χ0n) is 8.74. The van der Waals surface area contributed by atoms with Crippen molar-refractivity contribution in [2.45, 2.75) is 0 Å². The number of rotatable bonds is 1. The Bertz CT molecular complexity index is 689. The standard InChI is InChI=1S/C13H8Cl2N2/c14-9-3-1-2-8(6-9)11-7-12-10(16-11)4-5-13(15)17-12/h1-7,16H. The molecule has 17 heavy (non-hydrogen) atoms. The minimum absolute atomic E-state index is 0.495. The van der Waals surface area contributed by atoms with Gasteiger partial charge >= 0.3 is 0 Å². The highest BCUT2D eigenvalue weighted by Crippen LogP contribution is 2.25. The van der Waals surface area contributed by atoms with E-state index < -0.39 is 0 Å². The maximum absolute atomic E-state index is 5.97. The van der Waals surface area contributed by atoms with Crippen molar-refractivity contribution in [3.05, 3.63) is 52.6 Å². The van der Waals surface area contributed by atoms with Gasteiger partial charge in [-0.2, -0.15) is 0 Å². The normalized spacial score (nSPS) is 10.9. The summed E-state index contributed by atoms with van der Waals surface area (Å²) in [7, 11) is 0. The van der Waals surface area contributed by atoms with E-state index in [4.69, 9.17) is 23.2 Å². The lowest BCUT2D eigenvalue weighted by Gasteiger charge is -1.97. The van der Waals surface area contributed by atoms with Crippen LogP contribution >= 0.6 is 23.2 Å². The highest BCUT2D eigenvalue weighted by atomic mass is 35.5. The minimum Gasteiger partial charge on any atom is -0.353 e. The molecule has 0 saturated carbocycles. The van der Waals surface area contributed by atoms with E-state index in [1.165, 1.54) is 0 Å². The number of H-pyrrole nitrogens is 1. The van der Waals surface area contributed by atoms with Gasteiger partial charge in [-0.3, -0.25) is 0 Å². The molecule has 3 aromatic rings. The van der Waals surface area contributed by atoms with E-state index in [-0.39, 0.29) is 0 Å². The summed E-state index contributed by atoms with van der Waals surface area (Å²) >= 11 is 11.8. The Balaban J connectivity index is 2.18. The van der Waals surface area contributed by atoms with E-state index >= 15 is 0 Å². The SMILES string of the molecule is Clc1cccc(-c2cc3nc(Cl)ccc3[nH]2)c1. The Kier molecular flexibility index (Phi) is 2.54. The predicted octanol–water partition coefficient (Wildman–Crippen LogP) is 4.54. The molecule has 1 N–H and O–H groups in total. The van der Waals surface area contributed by atoms with Crippen LogP contribution in [-0.2, 0) is 0 Å². The topological polar surface area (TPSA) is 28.7 Å². The van der Waals surface area contributed by atoms with E-state index in [0.29, 0.717) is 10.2 Å². The Hall–Kier alpha value is -1.51. The molecule has 0 atom stereocenters. The molecule has 2 aromatic heterocycles. The monoisotopic (exact) mass is 262 g/mol. The van der Waals surface area contributed by atoms with Crippen molar-refractivity contribution in [2.75, 3.05) is 0 Å². The third-order valence-corrected chi connectivity index (χ3v) is 3.02. The number of halogens is 2. The number of pyridine rings is 1. The summed E-state index contributed by atoms with van der Waals surface area (Å²) < 4.78 is 0. The number of hydrogen-bond acceptors (Lipinski definition) is 1. The Morgan fingerprint density at radius 3 is 2.71 bits per heavy atom. The zero-order valence-corrected chi connectivity index (χ0v) is 10.3. The number of fused-ring (bicyclic) bond motifs is 1. The zero-order chi connectivity index (χ0) is 11.8. The number of aromatic amines is 1. The fourth-order valence-electron chi connectivity index (χ4n) is 1.80. The number of nitrogens with zero attached hydrogens (tertiary/aromatic N) is 1. The summed E-state index contributed by atoms with van der Waals surface area (Å²) in [6.45, 7) is 0. The fourth-order valence-corrected chi connectivity index (χ4v) is 2.14. The first-order valence-corrected chi connectivity index (χ1v) is 5.89. The van der Waals surface area contributed by atoms with Crippen molar-refractivity contribution in [1.82, 2.24) is 9.97 Å². The summed E-state index contributed by atoms with van der Waals surface area (Å²) in [5, 5.41) is 1.21. The Morgan fingerprint density at radius 1 is 1.00 bits per heavy atom. The van der Waals surface area contributed by atoms with Crippen molar-refractivity contribution < 1.29 is 0 Å². The van der Waals surface area contributed by atoms with Gasteiger partial charge in [-0.1, -0.05) is 35.3 Å². The molecule has 0 bridgehead atoms. The molecule has 3 rings (SSSR count). The van der Waals surface area contributed by atoms with Crippen LogP contribution in [0.5, 0.6) is 0 Å². The van der Waals surface area contributed by atoms with E-state index in [9.17, 15) is 0 Å². The molecule has 0 aliphatic rings. The molecule has 0 spiro atoms. The Labute approximate surface area is 108 Å². The lowest BCUT2D eigenvalue weighted by molar-refractivity contribution is 1.40. The summed E-state index contributed by atoms with van der Waals surface area (Å²) in [6.07, 6.45) is 0. The first kappa shape index (κ1) is 10.6. The summed E-state index contributed by atoms with van der Waals surface area (Å²) in [6, 6.07) is 13.3. The lowest BCUT2D eigenvalue weighted by Crippen LogP contribution is -1.76. The smallest absolute Gasteiger partial charge is 0.129 e. The molecule has 0 fully saturated rings. The molecule has 0 aliphatic heterocycles. The van der Waals surface area contributed by atoms with Gasteiger partial charge in [-0.05, 0) is 35.9 Å². The maximum Gasteiger partial charge on any atom is 0.129 e. The number of hydrogen-bond donors (Lipinski definition) is 1.